The maximum Gasteiger partial charge on any atom is 0.349 e. The molecule has 1 aromatic carbocycles. The highest BCUT2D eigenvalue weighted by molar-refractivity contribution is 7.19. The van der Waals surface area contributed by atoms with Crippen LogP contribution in [0.2, 0.25) is 0 Å². The summed E-state index contributed by atoms with van der Waals surface area (Å²) >= 11 is 1.63. The number of H-pyrrole nitrogens is 1. The van der Waals surface area contributed by atoms with Gasteiger partial charge in [0.15, 0.2) is 5.65 Å². The first kappa shape index (κ1) is 15.7. The highest BCUT2D eigenvalue weighted by Gasteiger charge is 2.24. The van der Waals surface area contributed by atoms with Crippen molar-refractivity contribution in [2.24, 2.45) is 7.05 Å². The van der Waals surface area contributed by atoms with Crippen molar-refractivity contribution < 1.29 is 0 Å². The normalized spacial score (nSPS) is 13.8. The Balaban J connectivity index is 1.74. The van der Waals surface area contributed by atoms with E-state index < -0.39 is 0 Å². The Bertz CT molecular complexity index is 1550. The molecule has 5 aromatic rings. The minimum Gasteiger partial charge on any atom is -0.297 e. The van der Waals surface area contributed by atoms with Gasteiger partial charge >= 0.3 is 5.69 Å². The van der Waals surface area contributed by atoms with Gasteiger partial charge in [0.25, 0.3) is 5.56 Å². The lowest BCUT2D eigenvalue weighted by atomic mass is 10.1. The summed E-state index contributed by atoms with van der Waals surface area (Å²) in [4.78, 5) is 34.8. The van der Waals surface area contributed by atoms with Crippen LogP contribution < -0.4 is 11.2 Å². The zero-order chi connectivity index (χ0) is 19.0. The smallest absolute Gasteiger partial charge is 0.297 e. The van der Waals surface area contributed by atoms with Crippen LogP contribution in [0, 0.1) is 0 Å². The summed E-state index contributed by atoms with van der Waals surface area (Å²) in [6.45, 7) is 0. The third-order valence-electron chi connectivity index (χ3n) is 5.33. The molecule has 28 heavy (non-hydrogen) atoms. The average Bonchev–Trinajstić information content (AvgIpc) is 3.39. The highest BCUT2D eigenvalue weighted by atomic mass is 32.1. The standard InChI is InChI=1S/C19H14N6O2S/c1-24-18(26)10-6-3-2-5-9(10)14(22-24)15-20-16-13-11-7-4-8-12(11)28-17(13)21-19(27)25(16)23-15/h2-3,5-6H,4,7-8H2,1H3,(H,21,27). The van der Waals surface area contributed by atoms with Crippen molar-refractivity contribution in [2.75, 3.05) is 0 Å². The molecule has 0 radical (unpaired) electrons. The summed E-state index contributed by atoms with van der Waals surface area (Å²) in [6, 6.07) is 7.25. The molecule has 9 heteroatoms. The molecule has 1 aliphatic carbocycles. The topological polar surface area (TPSA) is 97.9 Å². The van der Waals surface area contributed by atoms with Gasteiger partial charge in [-0.3, -0.25) is 9.78 Å². The Kier molecular flexibility index (Phi) is 3.00. The molecule has 0 aliphatic heterocycles. The predicted molar refractivity (Wildman–Crippen MR) is 107 cm³/mol. The average molecular weight is 390 g/mol. The molecule has 4 heterocycles. The van der Waals surface area contributed by atoms with Crippen LogP contribution in [0.3, 0.4) is 0 Å². The molecule has 1 aliphatic rings. The molecule has 0 atom stereocenters. The lowest BCUT2D eigenvalue weighted by Crippen LogP contribution is -2.20. The van der Waals surface area contributed by atoms with Gasteiger partial charge < -0.3 is 0 Å². The van der Waals surface area contributed by atoms with Crippen LogP contribution in [-0.4, -0.2) is 29.4 Å². The summed E-state index contributed by atoms with van der Waals surface area (Å²) in [5.41, 5.74) is 1.79. The van der Waals surface area contributed by atoms with Crippen molar-refractivity contribution in [3.05, 3.63) is 55.5 Å². The van der Waals surface area contributed by atoms with Crippen LogP contribution in [0.1, 0.15) is 16.9 Å². The van der Waals surface area contributed by atoms with E-state index in [2.05, 4.69) is 15.2 Å². The Hall–Kier alpha value is -3.33. The van der Waals surface area contributed by atoms with Gasteiger partial charge in [-0.25, -0.2) is 14.5 Å². The van der Waals surface area contributed by atoms with Gasteiger partial charge in [-0.2, -0.15) is 9.61 Å². The Morgan fingerprint density at radius 3 is 2.79 bits per heavy atom. The molecule has 6 rings (SSSR count). The van der Waals surface area contributed by atoms with E-state index in [1.807, 2.05) is 18.2 Å². The van der Waals surface area contributed by atoms with Gasteiger partial charge in [-0.1, -0.05) is 18.2 Å². The van der Waals surface area contributed by atoms with Crippen LogP contribution >= 0.6 is 11.3 Å². The maximum atomic E-state index is 12.6. The van der Waals surface area contributed by atoms with Gasteiger partial charge in [0, 0.05) is 17.3 Å². The van der Waals surface area contributed by atoms with Crippen LogP contribution in [0.25, 0.3) is 38.2 Å². The van der Waals surface area contributed by atoms with Gasteiger partial charge in [-0.15, -0.1) is 16.4 Å². The van der Waals surface area contributed by atoms with E-state index in [-0.39, 0.29) is 11.2 Å². The van der Waals surface area contributed by atoms with Crippen molar-refractivity contribution in [3.8, 4) is 11.5 Å². The van der Waals surface area contributed by atoms with Gasteiger partial charge in [-0.05, 0) is 30.9 Å². The number of hydrogen-bond acceptors (Lipinski definition) is 6. The molecule has 0 spiro atoms. The third kappa shape index (κ3) is 1.96. The van der Waals surface area contributed by atoms with Crippen molar-refractivity contribution >= 4 is 38.0 Å². The summed E-state index contributed by atoms with van der Waals surface area (Å²) in [6.07, 6.45) is 3.15. The van der Waals surface area contributed by atoms with Gasteiger partial charge in [0.05, 0.1) is 10.8 Å². The molecule has 0 bridgehead atoms. The minimum absolute atomic E-state index is 0.181. The molecule has 0 unspecified atom stereocenters. The van der Waals surface area contributed by atoms with Crippen LogP contribution in [-0.2, 0) is 19.9 Å². The molecule has 0 amide bonds. The molecule has 0 saturated heterocycles. The second kappa shape index (κ2) is 5.35. The maximum absolute atomic E-state index is 12.6. The number of nitrogens with one attached hydrogen (secondary N) is 1. The number of rotatable bonds is 1. The quantitative estimate of drug-likeness (QED) is 0.472. The van der Waals surface area contributed by atoms with E-state index in [9.17, 15) is 9.59 Å². The number of aryl methyl sites for hydroxylation is 3. The van der Waals surface area contributed by atoms with Crippen LogP contribution in [0.5, 0.6) is 0 Å². The van der Waals surface area contributed by atoms with E-state index in [1.54, 1.807) is 24.5 Å². The zero-order valence-electron chi connectivity index (χ0n) is 14.9. The highest BCUT2D eigenvalue weighted by Crippen LogP contribution is 2.37. The Morgan fingerprint density at radius 1 is 1.11 bits per heavy atom. The number of fused-ring (bicyclic) bond motifs is 6. The molecular weight excluding hydrogens is 376 g/mol. The van der Waals surface area contributed by atoms with Gasteiger partial charge in [0.1, 0.15) is 10.5 Å². The van der Waals surface area contributed by atoms with E-state index in [0.29, 0.717) is 27.9 Å². The fraction of sp³-hybridized carbons (Fsp3) is 0.211. The van der Waals surface area contributed by atoms with Crippen LogP contribution in [0.15, 0.2) is 33.9 Å². The molecule has 8 nitrogen and oxygen atoms in total. The first-order valence-electron chi connectivity index (χ1n) is 9.01. The Labute approximate surface area is 161 Å². The number of nitrogens with zero attached hydrogens (tertiary/aromatic N) is 5. The minimum atomic E-state index is -0.324. The number of aromatic nitrogens is 6. The molecule has 138 valence electrons. The summed E-state index contributed by atoms with van der Waals surface area (Å²) < 4.78 is 2.59. The monoisotopic (exact) mass is 390 g/mol. The SMILES string of the molecule is Cn1nc(-c2nc3c4c5c(sc4[nH]c(=O)n3n2)CCC5)c2ccccc2c1=O. The van der Waals surface area contributed by atoms with Crippen molar-refractivity contribution in [3.63, 3.8) is 0 Å². The largest absolute Gasteiger partial charge is 0.349 e. The molecule has 0 saturated carbocycles. The van der Waals surface area contributed by atoms with Crippen molar-refractivity contribution in [1.82, 2.24) is 29.4 Å². The third-order valence-corrected chi connectivity index (χ3v) is 6.54. The second-order valence-corrected chi connectivity index (χ2v) is 8.09. The lowest BCUT2D eigenvalue weighted by Gasteiger charge is -2.04. The van der Waals surface area contributed by atoms with E-state index in [0.717, 1.165) is 29.5 Å². The van der Waals surface area contributed by atoms with Crippen LogP contribution in [0.4, 0.5) is 0 Å². The number of thiophene rings is 1. The summed E-state index contributed by atoms with van der Waals surface area (Å²) in [5, 5.41) is 11.0. The van der Waals surface area contributed by atoms with E-state index >= 15 is 0 Å². The fourth-order valence-electron chi connectivity index (χ4n) is 4.06. The number of hydrogen-bond donors (Lipinski definition) is 1. The van der Waals surface area contributed by atoms with Crippen molar-refractivity contribution in [1.29, 1.82) is 0 Å². The number of aromatic amines is 1. The molecule has 0 fully saturated rings. The first-order valence-corrected chi connectivity index (χ1v) is 9.83. The predicted octanol–water partition coefficient (Wildman–Crippen LogP) is 2.03. The lowest BCUT2D eigenvalue weighted by molar-refractivity contribution is 0.719. The molecular formula is C19H14N6O2S. The zero-order valence-corrected chi connectivity index (χ0v) is 15.7. The van der Waals surface area contributed by atoms with E-state index in [1.165, 1.54) is 19.6 Å². The fourth-order valence-corrected chi connectivity index (χ4v) is 5.33. The first-order chi connectivity index (χ1) is 13.6. The van der Waals surface area contributed by atoms with Crippen molar-refractivity contribution in [2.45, 2.75) is 19.3 Å². The number of benzene rings is 1. The Morgan fingerprint density at radius 2 is 1.93 bits per heavy atom. The van der Waals surface area contributed by atoms with E-state index in [4.69, 9.17) is 4.98 Å². The summed E-state index contributed by atoms with van der Waals surface area (Å²) in [7, 11) is 1.60. The second-order valence-electron chi connectivity index (χ2n) is 6.99. The molecule has 4 aromatic heterocycles. The summed E-state index contributed by atoms with van der Waals surface area (Å²) in [5.74, 6) is 0.336. The molecule has 1 N–H and O–H groups in total. The van der Waals surface area contributed by atoms with Gasteiger partial charge in [0.2, 0.25) is 5.82 Å².